The van der Waals surface area contributed by atoms with Crippen LogP contribution in [0.2, 0.25) is 0 Å². The standard InChI is InChI=1S/C15H10F3N3/c16-15(17,18)14-19-13(11-7-3-1-4-8-11)20-21(14)12-9-5-2-6-10-12/h1-10H. The summed E-state index contributed by atoms with van der Waals surface area (Å²) >= 11 is 0. The molecule has 3 nitrogen and oxygen atoms in total. The van der Waals surface area contributed by atoms with Gasteiger partial charge in [0.15, 0.2) is 5.82 Å². The summed E-state index contributed by atoms with van der Waals surface area (Å²) in [5.74, 6) is -0.987. The Bertz CT molecular complexity index is 734. The predicted octanol–water partition coefficient (Wildman–Crippen LogP) is 3.95. The lowest BCUT2D eigenvalue weighted by atomic mass is 10.2. The minimum atomic E-state index is -4.57. The molecule has 0 spiro atoms. The largest absolute Gasteiger partial charge is 0.451 e. The summed E-state index contributed by atoms with van der Waals surface area (Å²) in [7, 11) is 0. The van der Waals surface area contributed by atoms with Crippen LogP contribution >= 0.6 is 0 Å². The maximum atomic E-state index is 13.1. The zero-order chi connectivity index (χ0) is 14.9. The van der Waals surface area contributed by atoms with E-state index in [1.54, 1.807) is 60.7 Å². The van der Waals surface area contributed by atoms with E-state index >= 15 is 0 Å². The second kappa shape index (κ2) is 5.05. The SMILES string of the molecule is FC(F)(F)c1nc(-c2ccccc2)nn1-c1ccccc1. The van der Waals surface area contributed by atoms with E-state index in [9.17, 15) is 13.2 Å². The zero-order valence-corrected chi connectivity index (χ0v) is 10.7. The van der Waals surface area contributed by atoms with Gasteiger partial charge in [0.1, 0.15) is 0 Å². The highest BCUT2D eigenvalue weighted by atomic mass is 19.4. The summed E-state index contributed by atoms with van der Waals surface area (Å²) in [6.07, 6.45) is -4.57. The summed E-state index contributed by atoms with van der Waals surface area (Å²) in [4.78, 5) is 3.65. The van der Waals surface area contributed by atoms with Gasteiger partial charge in [-0.05, 0) is 12.1 Å². The highest BCUT2D eigenvalue weighted by Gasteiger charge is 2.38. The maximum absolute atomic E-state index is 13.1. The Balaban J connectivity index is 2.17. The molecule has 3 rings (SSSR count). The lowest BCUT2D eigenvalue weighted by molar-refractivity contribution is -0.146. The van der Waals surface area contributed by atoms with E-state index in [1.807, 2.05) is 0 Å². The molecule has 3 aromatic rings. The lowest BCUT2D eigenvalue weighted by Crippen LogP contribution is -2.14. The number of aromatic nitrogens is 3. The van der Waals surface area contributed by atoms with Crippen molar-refractivity contribution in [2.75, 3.05) is 0 Å². The van der Waals surface area contributed by atoms with Gasteiger partial charge < -0.3 is 0 Å². The molecule has 0 aliphatic heterocycles. The first kappa shape index (κ1) is 13.4. The van der Waals surface area contributed by atoms with E-state index in [1.165, 1.54) is 0 Å². The van der Waals surface area contributed by atoms with Gasteiger partial charge in [-0.3, -0.25) is 0 Å². The van der Waals surface area contributed by atoms with Crippen molar-refractivity contribution >= 4 is 0 Å². The van der Waals surface area contributed by atoms with Crippen molar-refractivity contribution in [1.29, 1.82) is 0 Å². The van der Waals surface area contributed by atoms with Crippen LogP contribution in [0.3, 0.4) is 0 Å². The summed E-state index contributed by atoms with van der Waals surface area (Å²) in [5.41, 5.74) is 0.859. The second-order valence-electron chi connectivity index (χ2n) is 4.37. The minimum Gasteiger partial charge on any atom is -0.209 e. The van der Waals surface area contributed by atoms with Crippen LogP contribution in [-0.2, 0) is 6.18 Å². The molecule has 0 bridgehead atoms. The van der Waals surface area contributed by atoms with Gasteiger partial charge in [-0.2, -0.15) is 13.2 Å². The third-order valence-electron chi connectivity index (χ3n) is 2.89. The van der Waals surface area contributed by atoms with Gasteiger partial charge in [0, 0.05) is 5.56 Å². The smallest absolute Gasteiger partial charge is 0.209 e. The van der Waals surface area contributed by atoms with E-state index in [2.05, 4.69) is 10.1 Å². The number of benzene rings is 2. The maximum Gasteiger partial charge on any atom is 0.451 e. The van der Waals surface area contributed by atoms with Gasteiger partial charge in [-0.25, -0.2) is 9.67 Å². The van der Waals surface area contributed by atoms with Crippen LogP contribution < -0.4 is 0 Å². The molecule has 2 aromatic carbocycles. The average Bonchev–Trinajstić information content (AvgIpc) is 2.94. The Labute approximate surface area is 118 Å². The molecule has 0 aliphatic carbocycles. The summed E-state index contributed by atoms with van der Waals surface area (Å²) < 4.78 is 40.2. The van der Waals surface area contributed by atoms with Crippen molar-refractivity contribution in [3.63, 3.8) is 0 Å². The molecule has 21 heavy (non-hydrogen) atoms. The molecule has 0 unspecified atom stereocenters. The number of halogens is 3. The van der Waals surface area contributed by atoms with Crippen molar-refractivity contribution in [2.24, 2.45) is 0 Å². The Morgan fingerprint density at radius 3 is 1.95 bits per heavy atom. The molecule has 6 heteroatoms. The molecule has 106 valence electrons. The molecule has 0 saturated heterocycles. The van der Waals surface area contributed by atoms with Crippen LogP contribution in [-0.4, -0.2) is 14.8 Å². The highest BCUT2D eigenvalue weighted by molar-refractivity contribution is 5.54. The summed E-state index contributed by atoms with van der Waals surface area (Å²) in [5, 5.41) is 4.00. The van der Waals surface area contributed by atoms with Crippen molar-refractivity contribution in [1.82, 2.24) is 14.8 Å². The molecule has 0 radical (unpaired) electrons. The van der Waals surface area contributed by atoms with E-state index in [4.69, 9.17) is 0 Å². The Morgan fingerprint density at radius 2 is 1.38 bits per heavy atom. The summed E-state index contributed by atoms with van der Waals surface area (Å²) in [6, 6.07) is 16.7. The van der Waals surface area contributed by atoms with Gasteiger partial charge in [0.25, 0.3) is 0 Å². The second-order valence-corrected chi connectivity index (χ2v) is 4.37. The first-order valence-corrected chi connectivity index (χ1v) is 6.21. The van der Waals surface area contributed by atoms with Crippen LogP contribution in [0, 0.1) is 0 Å². The normalized spacial score (nSPS) is 11.6. The molecule has 1 aromatic heterocycles. The van der Waals surface area contributed by atoms with Gasteiger partial charge in [-0.1, -0.05) is 48.5 Å². The highest BCUT2D eigenvalue weighted by Crippen LogP contribution is 2.31. The number of hydrogen-bond acceptors (Lipinski definition) is 2. The number of alkyl halides is 3. The Hall–Kier alpha value is -2.63. The zero-order valence-electron chi connectivity index (χ0n) is 10.7. The number of hydrogen-bond donors (Lipinski definition) is 0. The van der Waals surface area contributed by atoms with E-state index < -0.39 is 12.0 Å². The van der Waals surface area contributed by atoms with Gasteiger partial charge in [0.2, 0.25) is 5.82 Å². The lowest BCUT2D eigenvalue weighted by Gasteiger charge is -2.07. The van der Waals surface area contributed by atoms with Gasteiger partial charge >= 0.3 is 6.18 Å². The molecule has 0 saturated carbocycles. The fraction of sp³-hybridized carbons (Fsp3) is 0.0667. The van der Waals surface area contributed by atoms with Crippen LogP contribution in [0.4, 0.5) is 13.2 Å². The molecule has 0 aliphatic rings. The minimum absolute atomic E-state index is 0.0479. The molecule has 1 heterocycles. The summed E-state index contributed by atoms with van der Waals surface area (Å²) in [6.45, 7) is 0. The number of rotatable bonds is 2. The monoisotopic (exact) mass is 289 g/mol. The van der Waals surface area contributed by atoms with Crippen LogP contribution in [0.5, 0.6) is 0 Å². The van der Waals surface area contributed by atoms with Crippen LogP contribution in [0.15, 0.2) is 60.7 Å². The van der Waals surface area contributed by atoms with Crippen molar-refractivity contribution in [3.8, 4) is 17.1 Å². The van der Waals surface area contributed by atoms with Crippen molar-refractivity contribution in [2.45, 2.75) is 6.18 Å². The van der Waals surface area contributed by atoms with Crippen LogP contribution in [0.1, 0.15) is 5.82 Å². The van der Waals surface area contributed by atoms with Crippen LogP contribution in [0.25, 0.3) is 17.1 Å². The quantitative estimate of drug-likeness (QED) is 0.715. The number of para-hydroxylation sites is 1. The first-order valence-electron chi connectivity index (χ1n) is 6.21. The third kappa shape index (κ3) is 2.65. The first-order chi connectivity index (χ1) is 10.1. The molecule has 0 atom stereocenters. The fourth-order valence-corrected chi connectivity index (χ4v) is 1.95. The molecular weight excluding hydrogens is 279 g/mol. The van der Waals surface area contributed by atoms with Crippen molar-refractivity contribution in [3.05, 3.63) is 66.5 Å². The average molecular weight is 289 g/mol. The Morgan fingerprint density at radius 1 is 0.810 bits per heavy atom. The Kier molecular flexibility index (Phi) is 3.21. The fourth-order valence-electron chi connectivity index (χ4n) is 1.95. The van der Waals surface area contributed by atoms with E-state index in [0.29, 0.717) is 11.3 Å². The van der Waals surface area contributed by atoms with E-state index in [0.717, 1.165) is 4.68 Å². The molecule has 0 amide bonds. The molecule has 0 N–H and O–H groups in total. The predicted molar refractivity (Wildman–Crippen MR) is 71.8 cm³/mol. The van der Waals surface area contributed by atoms with Gasteiger partial charge in [-0.15, -0.1) is 5.10 Å². The third-order valence-corrected chi connectivity index (χ3v) is 2.89. The van der Waals surface area contributed by atoms with Crippen molar-refractivity contribution < 1.29 is 13.2 Å². The number of nitrogens with zero attached hydrogens (tertiary/aromatic N) is 3. The molecular formula is C15H10F3N3. The van der Waals surface area contributed by atoms with E-state index in [-0.39, 0.29) is 5.82 Å². The molecule has 0 fully saturated rings. The van der Waals surface area contributed by atoms with Gasteiger partial charge in [0.05, 0.1) is 5.69 Å². The topological polar surface area (TPSA) is 30.7 Å².